The minimum Gasteiger partial charge on any atom is -0.543 e. The van der Waals surface area contributed by atoms with Crippen LogP contribution in [0.4, 0.5) is 10.5 Å². The van der Waals surface area contributed by atoms with E-state index in [1.165, 1.54) is 0 Å². The minimum absolute atomic E-state index is 0.174. The number of carbonyl (C=O) groups is 2. The van der Waals surface area contributed by atoms with Crippen molar-refractivity contribution < 1.29 is 42.4 Å². The highest BCUT2D eigenvalue weighted by molar-refractivity contribution is 6.74. The summed E-state index contributed by atoms with van der Waals surface area (Å²) in [6.07, 6.45) is 6.07. The maximum absolute atomic E-state index is 14.4. The number of hydrogen-bond acceptors (Lipinski definition) is 9. The summed E-state index contributed by atoms with van der Waals surface area (Å²) in [5.41, 5.74) is 1.70. The molecule has 2 aliphatic rings. The number of hydrogen-bond donors (Lipinski definition) is 0. The Morgan fingerprint density at radius 3 is 2.26 bits per heavy atom. The van der Waals surface area contributed by atoms with Gasteiger partial charge in [-0.15, -0.1) is 0 Å². The summed E-state index contributed by atoms with van der Waals surface area (Å²) >= 11 is 0. The molecule has 1 fully saturated rings. The first kappa shape index (κ1) is 43.1. The molecule has 2 aromatic carbocycles. The van der Waals surface area contributed by atoms with Crippen LogP contribution in [0.25, 0.3) is 6.08 Å². The van der Waals surface area contributed by atoms with Gasteiger partial charge in [0, 0.05) is 18.5 Å². The molecule has 0 aliphatic carbocycles. The Kier molecular flexibility index (Phi) is 13.6. The van der Waals surface area contributed by atoms with Gasteiger partial charge in [0.05, 0.1) is 25.5 Å². The minimum atomic E-state index is -2.50. The number of nitrogens with zero attached hydrogens (tertiary/aromatic N) is 1. The first-order chi connectivity index (χ1) is 25.0. The fourth-order valence-corrected chi connectivity index (χ4v) is 6.99. The highest BCUT2D eigenvalue weighted by atomic mass is 28.4. The van der Waals surface area contributed by atoms with Crippen LogP contribution in [-0.2, 0) is 30.3 Å². The van der Waals surface area contributed by atoms with Crippen LogP contribution in [0, 0.1) is 5.92 Å². The summed E-state index contributed by atoms with van der Waals surface area (Å²) in [7, 11) is -0.855. The van der Waals surface area contributed by atoms with Gasteiger partial charge in [0.1, 0.15) is 41.0 Å². The second-order valence-electron chi connectivity index (χ2n) is 17.2. The van der Waals surface area contributed by atoms with Crippen LogP contribution >= 0.6 is 0 Å². The number of carbonyl (C=O) groups excluding carboxylic acids is 2. The van der Waals surface area contributed by atoms with E-state index in [2.05, 4.69) is 33.9 Å². The molecule has 10 nitrogen and oxygen atoms in total. The molecule has 298 valence electrons. The summed E-state index contributed by atoms with van der Waals surface area (Å²) in [6, 6.07) is 11.4. The number of rotatable bonds is 8. The Morgan fingerprint density at radius 1 is 1.00 bits per heavy atom. The van der Waals surface area contributed by atoms with E-state index >= 15 is 0 Å². The molecule has 2 heterocycles. The molecule has 0 spiro atoms. The molecule has 11 heteroatoms. The van der Waals surface area contributed by atoms with Crippen LogP contribution in [0.1, 0.15) is 104 Å². The fraction of sp³-hybridized carbons (Fsp3) is 0.581. The molecular weight excluding hydrogens is 703 g/mol. The molecule has 54 heavy (non-hydrogen) atoms. The van der Waals surface area contributed by atoms with Crippen molar-refractivity contribution in [1.29, 1.82) is 0 Å². The van der Waals surface area contributed by atoms with E-state index in [9.17, 15) is 9.59 Å². The maximum Gasteiger partial charge on any atom is 0.414 e. The van der Waals surface area contributed by atoms with Gasteiger partial charge in [0.25, 0.3) is 8.32 Å². The van der Waals surface area contributed by atoms with E-state index in [4.69, 9.17) is 32.8 Å². The Labute approximate surface area is 324 Å². The highest BCUT2D eigenvalue weighted by Crippen LogP contribution is 2.41. The van der Waals surface area contributed by atoms with Gasteiger partial charge in [-0.05, 0) is 102 Å². The number of anilines is 1. The number of benzene rings is 2. The molecule has 0 saturated carbocycles. The molecule has 0 bridgehead atoms. The molecule has 1 amide bonds. The first-order valence-corrected chi connectivity index (χ1v) is 22.0. The Morgan fingerprint density at radius 2 is 1.67 bits per heavy atom. The molecule has 5 atom stereocenters. The standard InChI is InChI=1S/C43H63NO9Si/c1-15-44(40(46)52-41(4,5)6)32-25-31-17-16-18-35-38(51-43(10,11)50-35)34(48-27-30-20-22-33(47-12)23-21-30)24-19-28(2)29(3)49-39(45)37(31)36(26-32)53-54(13,14)42(7,8)9/h16-17,19-26,28-29,34-35,38H,15,18,27H2,1-14H3/b17-16?,24-19-/t28-,29+,34-,35+,38-/m1/s1. The number of esters is 1. The molecule has 4 rings (SSSR count). The van der Waals surface area contributed by atoms with Crippen molar-refractivity contribution in [2.24, 2.45) is 5.92 Å². The monoisotopic (exact) mass is 765 g/mol. The van der Waals surface area contributed by atoms with Crippen molar-refractivity contribution in [2.75, 3.05) is 18.6 Å². The fourth-order valence-electron chi connectivity index (χ4n) is 5.97. The summed E-state index contributed by atoms with van der Waals surface area (Å²) in [5, 5.41) is -0.174. The van der Waals surface area contributed by atoms with Gasteiger partial charge in [-0.3, -0.25) is 4.90 Å². The van der Waals surface area contributed by atoms with E-state index in [0.717, 1.165) is 11.3 Å². The van der Waals surface area contributed by atoms with E-state index < -0.39 is 50.1 Å². The number of cyclic esters (lactones) is 1. The lowest BCUT2D eigenvalue weighted by atomic mass is 9.98. The third kappa shape index (κ3) is 11.0. The van der Waals surface area contributed by atoms with Crippen LogP contribution in [0.15, 0.2) is 54.6 Å². The van der Waals surface area contributed by atoms with E-state index in [1.807, 2.05) is 110 Å². The molecule has 2 aromatic rings. The highest BCUT2D eigenvalue weighted by Gasteiger charge is 2.45. The molecule has 1 saturated heterocycles. The van der Waals surface area contributed by atoms with Crippen molar-refractivity contribution in [3.8, 4) is 11.5 Å². The Hall–Kier alpha value is -3.64. The van der Waals surface area contributed by atoms with Gasteiger partial charge in [0.2, 0.25) is 0 Å². The summed E-state index contributed by atoms with van der Waals surface area (Å²) in [5.74, 6) is -0.389. The molecule has 2 aliphatic heterocycles. The van der Waals surface area contributed by atoms with Crippen LogP contribution < -0.4 is 14.1 Å². The number of ether oxygens (including phenoxy) is 6. The number of fused-ring (bicyclic) bond motifs is 2. The van der Waals surface area contributed by atoms with Gasteiger partial charge < -0.3 is 32.8 Å². The largest absolute Gasteiger partial charge is 0.543 e. The zero-order valence-corrected chi connectivity index (χ0v) is 35.9. The Bertz CT molecular complexity index is 1670. The topological polar surface area (TPSA) is 102 Å². The van der Waals surface area contributed by atoms with Crippen LogP contribution in [-0.4, -0.2) is 69.8 Å². The van der Waals surface area contributed by atoms with Crippen molar-refractivity contribution in [3.63, 3.8) is 0 Å². The zero-order valence-electron chi connectivity index (χ0n) is 34.9. The van der Waals surface area contributed by atoms with Crippen molar-refractivity contribution in [1.82, 2.24) is 0 Å². The van der Waals surface area contributed by atoms with Crippen molar-refractivity contribution in [2.45, 2.75) is 143 Å². The van der Waals surface area contributed by atoms with Gasteiger partial charge in [-0.2, -0.15) is 0 Å². The van der Waals surface area contributed by atoms with E-state index in [1.54, 1.807) is 18.1 Å². The quantitative estimate of drug-likeness (QED) is 0.148. The van der Waals surface area contributed by atoms with Crippen LogP contribution in [0.5, 0.6) is 11.5 Å². The third-order valence-electron chi connectivity index (χ3n) is 10.2. The maximum atomic E-state index is 14.4. The SMILES string of the molecule is CCN(C(=O)OC(C)(C)C)c1cc2c(c(O[Si](C)(C)C(C)(C)C)c1)C(=O)O[C@@H](C)[C@H](C)/C=C\[C@@H](OCc1ccc(OC)cc1)[C@H]1OC(C)(C)O[C@H]1CC=C2. The first-order valence-electron chi connectivity index (χ1n) is 19.1. The van der Waals surface area contributed by atoms with Crippen LogP contribution in [0.3, 0.4) is 0 Å². The molecular formula is C43H63NO9Si. The average molecular weight is 766 g/mol. The summed E-state index contributed by atoms with van der Waals surface area (Å²) in [6.45, 7) is 26.5. The Balaban J connectivity index is 1.83. The second-order valence-corrected chi connectivity index (χ2v) is 22.0. The molecule has 0 unspecified atom stereocenters. The molecule has 0 aromatic heterocycles. The van der Waals surface area contributed by atoms with Crippen molar-refractivity contribution in [3.05, 3.63) is 71.3 Å². The molecule has 0 N–H and O–H groups in total. The van der Waals surface area contributed by atoms with E-state index in [0.29, 0.717) is 42.1 Å². The zero-order chi connectivity index (χ0) is 40.2. The lowest BCUT2D eigenvalue weighted by Gasteiger charge is -2.37. The molecule has 0 radical (unpaired) electrons. The van der Waals surface area contributed by atoms with Gasteiger partial charge in [0.15, 0.2) is 5.79 Å². The predicted octanol–water partition coefficient (Wildman–Crippen LogP) is 10.1. The second kappa shape index (κ2) is 17.0. The normalized spacial score (nSPS) is 24.0. The number of methoxy groups -OCH3 is 1. The van der Waals surface area contributed by atoms with Gasteiger partial charge >= 0.3 is 12.1 Å². The summed E-state index contributed by atoms with van der Waals surface area (Å²) in [4.78, 5) is 29.5. The van der Waals surface area contributed by atoms with Crippen molar-refractivity contribution >= 4 is 32.1 Å². The smallest absolute Gasteiger partial charge is 0.414 e. The third-order valence-corrected chi connectivity index (χ3v) is 14.5. The van der Waals surface area contributed by atoms with E-state index in [-0.39, 0.29) is 17.1 Å². The average Bonchev–Trinajstić information content (AvgIpc) is 3.36. The van der Waals surface area contributed by atoms with Gasteiger partial charge in [-0.1, -0.05) is 64.1 Å². The van der Waals surface area contributed by atoms with Crippen LogP contribution in [0.2, 0.25) is 18.1 Å². The predicted molar refractivity (Wildman–Crippen MR) is 216 cm³/mol. The lowest BCUT2D eigenvalue weighted by molar-refractivity contribution is -0.156. The summed E-state index contributed by atoms with van der Waals surface area (Å²) < 4.78 is 43.8. The lowest BCUT2D eigenvalue weighted by Crippen LogP contribution is -2.44. The van der Waals surface area contributed by atoms with Gasteiger partial charge in [-0.25, -0.2) is 9.59 Å². The number of amides is 1.